The second-order valence-electron chi connectivity index (χ2n) is 5.15. The predicted molar refractivity (Wildman–Crippen MR) is 79.2 cm³/mol. The number of benzene rings is 1. The van der Waals surface area contributed by atoms with Crippen LogP contribution in [-0.2, 0) is 0 Å². The van der Waals surface area contributed by atoms with Gasteiger partial charge in [-0.15, -0.1) is 5.10 Å². The van der Waals surface area contributed by atoms with Gasteiger partial charge in [0.05, 0.1) is 6.20 Å². The van der Waals surface area contributed by atoms with E-state index in [1.165, 1.54) is 24.4 Å². The van der Waals surface area contributed by atoms with Crippen molar-refractivity contribution in [1.82, 2.24) is 20.1 Å². The minimum absolute atomic E-state index is 0.243. The van der Waals surface area contributed by atoms with Gasteiger partial charge >= 0.3 is 0 Å². The van der Waals surface area contributed by atoms with E-state index >= 15 is 0 Å². The lowest BCUT2D eigenvalue weighted by Crippen LogP contribution is -2.45. The third-order valence-corrected chi connectivity index (χ3v) is 3.55. The number of aromatic nitrogens is 3. The van der Waals surface area contributed by atoms with E-state index in [0.29, 0.717) is 5.95 Å². The summed E-state index contributed by atoms with van der Waals surface area (Å²) in [5, 5.41) is 10.5. The van der Waals surface area contributed by atoms with E-state index in [2.05, 4.69) is 32.4 Å². The normalized spacial score (nSPS) is 15.9. The molecule has 3 rings (SSSR count). The van der Waals surface area contributed by atoms with Gasteiger partial charge in [0.1, 0.15) is 17.3 Å². The average Bonchev–Trinajstić information content (AvgIpc) is 2.52. The zero-order valence-corrected chi connectivity index (χ0v) is 12.1. The Hall–Kier alpha value is -2.35. The molecule has 1 aliphatic heterocycles. The number of likely N-dealkylation sites (N-methyl/N-ethyl adjacent to an activating group) is 1. The maximum atomic E-state index is 13.7. The van der Waals surface area contributed by atoms with Crippen LogP contribution in [0.3, 0.4) is 0 Å². The number of anilines is 3. The van der Waals surface area contributed by atoms with Crippen LogP contribution in [0.4, 0.5) is 26.2 Å². The van der Waals surface area contributed by atoms with Crippen LogP contribution in [0.2, 0.25) is 0 Å². The fraction of sp³-hybridized carbons (Fsp3) is 0.357. The van der Waals surface area contributed by atoms with Gasteiger partial charge in [-0.05, 0) is 19.2 Å². The molecule has 0 amide bonds. The molecule has 0 atom stereocenters. The molecule has 0 bridgehead atoms. The highest BCUT2D eigenvalue weighted by Gasteiger charge is 2.17. The molecule has 1 saturated heterocycles. The summed E-state index contributed by atoms with van der Waals surface area (Å²) in [4.78, 5) is 8.49. The van der Waals surface area contributed by atoms with Crippen LogP contribution in [-0.4, -0.2) is 53.3 Å². The Labute approximate surface area is 126 Å². The van der Waals surface area contributed by atoms with Gasteiger partial charge in [-0.25, -0.2) is 8.78 Å². The summed E-state index contributed by atoms with van der Waals surface area (Å²) in [7, 11) is 2.05. The van der Waals surface area contributed by atoms with Crippen molar-refractivity contribution in [3.8, 4) is 0 Å². The van der Waals surface area contributed by atoms with E-state index in [-0.39, 0.29) is 11.5 Å². The van der Waals surface area contributed by atoms with E-state index < -0.39 is 11.6 Å². The van der Waals surface area contributed by atoms with Crippen molar-refractivity contribution in [3.63, 3.8) is 0 Å². The number of nitrogens with zero attached hydrogens (tertiary/aromatic N) is 5. The lowest BCUT2D eigenvalue weighted by atomic mass is 10.3. The molecule has 2 aromatic rings. The number of hydrogen-bond acceptors (Lipinski definition) is 6. The van der Waals surface area contributed by atoms with Gasteiger partial charge in [0, 0.05) is 26.2 Å². The van der Waals surface area contributed by atoms with Gasteiger partial charge in [-0.2, -0.15) is 10.1 Å². The molecule has 1 fully saturated rings. The summed E-state index contributed by atoms with van der Waals surface area (Å²) < 4.78 is 27.3. The fourth-order valence-corrected chi connectivity index (χ4v) is 2.24. The summed E-state index contributed by atoms with van der Waals surface area (Å²) in [5.41, 5.74) is -0.243. The lowest BCUT2D eigenvalue weighted by molar-refractivity contribution is 0.311. The Kier molecular flexibility index (Phi) is 4.10. The van der Waals surface area contributed by atoms with Crippen LogP contribution in [0.15, 0.2) is 24.4 Å². The summed E-state index contributed by atoms with van der Waals surface area (Å²) in [5.74, 6) is -0.651. The Bertz CT molecular complexity index is 637. The zero-order valence-electron chi connectivity index (χ0n) is 12.1. The van der Waals surface area contributed by atoms with Gasteiger partial charge in [0.15, 0.2) is 5.82 Å². The first-order valence-electron chi connectivity index (χ1n) is 6.98. The van der Waals surface area contributed by atoms with Crippen LogP contribution in [0.25, 0.3) is 0 Å². The number of hydrogen-bond donors (Lipinski definition) is 1. The van der Waals surface area contributed by atoms with Gasteiger partial charge in [-0.3, -0.25) is 0 Å². The lowest BCUT2D eigenvalue weighted by Gasteiger charge is -2.32. The molecule has 1 aliphatic rings. The van der Waals surface area contributed by atoms with Crippen molar-refractivity contribution in [1.29, 1.82) is 0 Å². The molecular formula is C14H16F2N6. The van der Waals surface area contributed by atoms with Crippen molar-refractivity contribution in [2.45, 2.75) is 0 Å². The van der Waals surface area contributed by atoms with E-state index in [9.17, 15) is 8.78 Å². The van der Waals surface area contributed by atoms with E-state index in [4.69, 9.17) is 0 Å². The van der Waals surface area contributed by atoms with Gasteiger partial charge < -0.3 is 15.1 Å². The molecule has 2 heterocycles. The van der Waals surface area contributed by atoms with Crippen LogP contribution in [0.5, 0.6) is 0 Å². The average molecular weight is 306 g/mol. The standard InChI is InChI=1S/C14H16F2N6/c1-21-5-7-22(8-6-21)14-19-12(9-17-20-14)18-13-10(15)3-2-4-11(13)16/h2-4,9H,5-8H2,1H3,(H,18,19,20). The molecule has 8 heteroatoms. The molecule has 0 radical (unpaired) electrons. The summed E-state index contributed by atoms with van der Waals surface area (Å²) in [6, 6.07) is 3.67. The van der Waals surface area contributed by atoms with Crippen LogP contribution in [0.1, 0.15) is 0 Å². The van der Waals surface area contributed by atoms with Gasteiger partial charge in [0.25, 0.3) is 0 Å². The summed E-state index contributed by atoms with van der Waals surface area (Å²) in [6.07, 6.45) is 1.34. The first-order chi connectivity index (χ1) is 10.6. The SMILES string of the molecule is CN1CCN(c2nncc(Nc3c(F)cccc3F)n2)CC1. The van der Waals surface area contributed by atoms with Crippen LogP contribution >= 0.6 is 0 Å². The molecular weight excluding hydrogens is 290 g/mol. The highest BCUT2D eigenvalue weighted by atomic mass is 19.1. The highest BCUT2D eigenvalue weighted by Crippen LogP contribution is 2.22. The summed E-state index contributed by atoms with van der Waals surface area (Å²) >= 11 is 0. The van der Waals surface area contributed by atoms with Crippen molar-refractivity contribution in [3.05, 3.63) is 36.0 Å². The number of para-hydroxylation sites is 1. The topological polar surface area (TPSA) is 57.2 Å². The Morgan fingerprint density at radius 2 is 1.77 bits per heavy atom. The Morgan fingerprint density at radius 1 is 1.09 bits per heavy atom. The molecule has 6 nitrogen and oxygen atoms in total. The zero-order chi connectivity index (χ0) is 15.5. The molecule has 0 saturated carbocycles. The highest BCUT2D eigenvalue weighted by molar-refractivity contribution is 5.57. The first-order valence-corrected chi connectivity index (χ1v) is 6.98. The monoisotopic (exact) mass is 306 g/mol. The molecule has 116 valence electrons. The van der Waals surface area contributed by atoms with Gasteiger partial charge in [0.2, 0.25) is 5.95 Å². The van der Waals surface area contributed by atoms with E-state index in [1.807, 2.05) is 4.90 Å². The molecule has 1 N–H and O–H groups in total. The first kappa shape index (κ1) is 14.6. The smallest absolute Gasteiger partial charge is 0.247 e. The van der Waals surface area contributed by atoms with Gasteiger partial charge in [-0.1, -0.05) is 6.07 Å². The third kappa shape index (κ3) is 3.11. The Balaban J connectivity index is 1.79. The second kappa shape index (κ2) is 6.18. The quantitative estimate of drug-likeness (QED) is 0.930. The number of halogens is 2. The van der Waals surface area contributed by atoms with Crippen LogP contribution < -0.4 is 10.2 Å². The molecule has 0 unspecified atom stereocenters. The van der Waals surface area contributed by atoms with Crippen molar-refractivity contribution in [2.24, 2.45) is 0 Å². The Morgan fingerprint density at radius 3 is 2.45 bits per heavy atom. The fourth-order valence-electron chi connectivity index (χ4n) is 2.24. The van der Waals surface area contributed by atoms with Crippen LogP contribution in [0, 0.1) is 11.6 Å². The predicted octanol–water partition coefficient (Wildman–Crippen LogP) is 1.65. The second-order valence-corrected chi connectivity index (χ2v) is 5.15. The number of rotatable bonds is 3. The van der Waals surface area contributed by atoms with E-state index in [1.54, 1.807) is 0 Å². The molecule has 22 heavy (non-hydrogen) atoms. The maximum absolute atomic E-state index is 13.7. The van der Waals surface area contributed by atoms with Crippen molar-refractivity contribution < 1.29 is 8.78 Å². The maximum Gasteiger partial charge on any atom is 0.247 e. The molecule has 0 aliphatic carbocycles. The largest absolute Gasteiger partial charge is 0.337 e. The van der Waals surface area contributed by atoms with Crippen molar-refractivity contribution >= 4 is 17.5 Å². The minimum Gasteiger partial charge on any atom is -0.337 e. The van der Waals surface area contributed by atoms with Crippen molar-refractivity contribution in [2.75, 3.05) is 43.4 Å². The molecule has 1 aromatic carbocycles. The summed E-state index contributed by atoms with van der Waals surface area (Å²) in [6.45, 7) is 3.39. The number of piperazine rings is 1. The third-order valence-electron chi connectivity index (χ3n) is 3.55. The number of nitrogens with one attached hydrogen (secondary N) is 1. The minimum atomic E-state index is -0.681. The molecule has 0 spiro atoms. The molecule has 1 aromatic heterocycles. The van der Waals surface area contributed by atoms with E-state index in [0.717, 1.165) is 26.2 Å².